The number of aryl methyl sites for hydroxylation is 3. The maximum Gasteiger partial charge on any atom is 0.240 e. The molecule has 3 nitrogen and oxygen atoms in total. The number of carbonyl (C=O) groups is 1. The van der Waals surface area contributed by atoms with Gasteiger partial charge in [0.05, 0.1) is 5.54 Å². The van der Waals surface area contributed by atoms with Crippen LogP contribution in [0.1, 0.15) is 48.9 Å². The fourth-order valence-corrected chi connectivity index (χ4v) is 2.49. The molecule has 3 N–H and O–H groups in total. The van der Waals surface area contributed by atoms with Gasteiger partial charge >= 0.3 is 0 Å². The van der Waals surface area contributed by atoms with Crippen molar-refractivity contribution in [3.05, 3.63) is 34.4 Å². The van der Waals surface area contributed by atoms with E-state index in [1.165, 1.54) is 22.3 Å². The summed E-state index contributed by atoms with van der Waals surface area (Å²) in [6.07, 6.45) is 1.60. The van der Waals surface area contributed by atoms with Crippen molar-refractivity contribution in [3.63, 3.8) is 0 Å². The van der Waals surface area contributed by atoms with Crippen LogP contribution in [-0.2, 0) is 11.3 Å². The number of benzene rings is 1. The standard InChI is InChI=1S/C16H26N2O/c1-6-7-16(5,17)15(19)18-10-14-12(3)8-11(2)9-13(14)4/h8-9H,6-7,10,17H2,1-5H3,(H,18,19). The monoisotopic (exact) mass is 262 g/mol. The third-order valence-corrected chi connectivity index (χ3v) is 3.55. The zero-order valence-corrected chi connectivity index (χ0v) is 12.8. The lowest BCUT2D eigenvalue weighted by Gasteiger charge is -2.23. The Hall–Kier alpha value is -1.35. The summed E-state index contributed by atoms with van der Waals surface area (Å²) in [6.45, 7) is 10.6. The molecule has 0 aliphatic rings. The molecule has 0 radical (unpaired) electrons. The second-order valence-electron chi connectivity index (χ2n) is 5.73. The average molecular weight is 262 g/mol. The van der Waals surface area contributed by atoms with Crippen LogP contribution in [0.15, 0.2) is 12.1 Å². The van der Waals surface area contributed by atoms with Crippen LogP contribution < -0.4 is 11.1 Å². The summed E-state index contributed by atoms with van der Waals surface area (Å²) in [5.41, 5.74) is 10.1. The molecule has 0 saturated heterocycles. The number of hydrogen-bond acceptors (Lipinski definition) is 2. The summed E-state index contributed by atoms with van der Waals surface area (Å²) in [7, 11) is 0. The number of nitrogens with two attached hydrogens (primary N) is 1. The highest BCUT2D eigenvalue weighted by Crippen LogP contribution is 2.16. The first-order valence-corrected chi connectivity index (χ1v) is 6.92. The van der Waals surface area contributed by atoms with Gasteiger partial charge in [-0.1, -0.05) is 31.0 Å². The Labute approximate surface area is 116 Å². The molecular formula is C16H26N2O. The van der Waals surface area contributed by atoms with Gasteiger partial charge in [0.2, 0.25) is 5.91 Å². The van der Waals surface area contributed by atoms with E-state index in [0.29, 0.717) is 13.0 Å². The van der Waals surface area contributed by atoms with Crippen molar-refractivity contribution in [2.24, 2.45) is 5.73 Å². The first kappa shape index (κ1) is 15.7. The van der Waals surface area contributed by atoms with E-state index >= 15 is 0 Å². The summed E-state index contributed by atoms with van der Waals surface area (Å²) < 4.78 is 0. The molecule has 0 heterocycles. The van der Waals surface area contributed by atoms with Crippen LogP contribution in [0.5, 0.6) is 0 Å². The number of carbonyl (C=O) groups excluding carboxylic acids is 1. The molecule has 0 aliphatic heterocycles. The summed E-state index contributed by atoms with van der Waals surface area (Å²) in [5.74, 6) is -0.0753. The lowest BCUT2D eigenvalue weighted by Crippen LogP contribution is -2.51. The Balaban J connectivity index is 2.75. The molecule has 1 amide bonds. The van der Waals surface area contributed by atoms with Crippen molar-refractivity contribution in [3.8, 4) is 0 Å². The van der Waals surface area contributed by atoms with Gasteiger partial charge in [-0.25, -0.2) is 0 Å². The largest absolute Gasteiger partial charge is 0.350 e. The van der Waals surface area contributed by atoms with Gasteiger partial charge in [0, 0.05) is 6.54 Å². The normalized spacial score (nSPS) is 14.0. The number of nitrogens with one attached hydrogen (secondary N) is 1. The minimum Gasteiger partial charge on any atom is -0.350 e. The SMILES string of the molecule is CCCC(C)(N)C(=O)NCc1c(C)cc(C)cc1C. The first-order valence-electron chi connectivity index (χ1n) is 6.92. The van der Waals surface area contributed by atoms with Crippen molar-refractivity contribution in [2.45, 2.75) is 59.5 Å². The van der Waals surface area contributed by atoms with Gasteiger partial charge < -0.3 is 11.1 Å². The molecule has 1 aromatic carbocycles. The number of hydrogen-bond donors (Lipinski definition) is 2. The second kappa shape index (κ2) is 6.20. The van der Waals surface area contributed by atoms with Crippen molar-refractivity contribution in [1.29, 1.82) is 0 Å². The summed E-state index contributed by atoms with van der Waals surface area (Å²) >= 11 is 0. The van der Waals surface area contributed by atoms with E-state index in [4.69, 9.17) is 5.73 Å². The fourth-order valence-electron chi connectivity index (χ4n) is 2.49. The van der Waals surface area contributed by atoms with E-state index in [-0.39, 0.29) is 5.91 Å². The Morgan fingerprint density at radius 3 is 2.26 bits per heavy atom. The zero-order chi connectivity index (χ0) is 14.6. The van der Waals surface area contributed by atoms with Gasteiger partial charge in [0.1, 0.15) is 0 Å². The van der Waals surface area contributed by atoms with Crippen LogP contribution in [0, 0.1) is 20.8 Å². The van der Waals surface area contributed by atoms with E-state index in [1.807, 2.05) is 6.92 Å². The Morgan fingerprint density at radius 1 is 1.26 bits per heavy atom. The Kier molecular flexibility index (Phi) is 5.12. The van der Waals surface area contributed by atoms with E-state index in [0.717, 1.165) is 6.42 Å². The minimum absolute atomic E-state index is 0.0753. The Bertz CT molecular complexity index is 441. The number of rotatable bonds is 5. The molecule has 3 heteroatoms. The maximum absolute atomic E-state index is 12.1. The summed E-state index contributed by atoms with van der Waals surface area (Å²) in [6, 6.07) is 4.28. The van der Waals surface area contributed by atoms with Crippen LogP contribution in [0.2, 0.25) is 0 Å². The third kappa shape index (κ3) is 4.06. The molecule has 0 aromatic heterocycles. The maximum atomic E-state index is 12.1. The predicted molar refractivity (Wildman–Crippen MR) is 80.0 cm³/mol. The third-order valence-electron chi connectivity index (χ3n) is 3.55. The minimum atomic E-state index is -0.777. The smallest absolute Gasteiger partial charge is 0.240 e. The van der Waals surface area contributed by atoms with E-state index < -0.39 is 5.54 Å². The number of amides is 1. The van der Waals surface area contributed by atoms with Gasteiger partial charge in [-0.2, -0.15) is 0 Å². The molecule has 1 aromatic rings. The summed E-state index contributed by atoms with van der Waals surface area (Å²) in [4.78, 5) is 12.1. The molecule has 1 rings (SSSR count). The molecule has 1 atom stereocenters. The Morgan fingerprint density at radius 2 is 1.79 bits per heavy atom. The van der Waals surface area contributed by atoms with Gasteiger partial charge in [0.15, 0.2) is 0 Å². The van der Waals surface area contributed by atoms with Crippen LogP contribution in [-0.4, -0.2) is 11.4 Å². The zero-order valence-electron chi connectivity index (χ0n) is 12.8. The van der Waals surface area contributed by atoms with Crippen LogP contribution in [0.25, 0.3) is 0 Å². The molecule has 0 saturated carbocycles. The van der Waals surface area contributed by atoms with Gasteiger partial charge in [-0.05, 0) is 50.8 Å². The lowest BCUT2D eigenvalue weighted by molar-refractivity contribution is -0.126. The van der Waals surface area contributed by atoms with Gasteiger partial charge in [-0.15, -0.1) is 0 Å². The molecule has 0 aliphatic carbocycles. The first-order chi connectivity index (χ1) is 8.77. The fraction of sp³-hybridized carbons (Fsp3) is 0.562. The van der Waals surface area contributed by atoms with E-state index in [2.05, 4.69) is 38.2 Å². The van der Waals surface area contributed by atoms with Crippen molar-refractivity contribution in [2.75, 3.05) is 0 Å². The highest BCUT2D eigenvalue weighted by molar-refractivity contribution is 5.85. The molecular weight excluding hydrogens is 236 g/mol. The van der Waals surface area contributed by atoms with Gasteiger partial charge in [0.25, 0.3) is 0 Å². The topological polar surface area (TPSA) is 55.1 Å². The van der Waals surface area contributed by atoms with Crippen LogP contribution in [0.4, 0.5) is 0 Å². The van der Waals surface area contributed by atoms with Crippen LogP contribution >= 0.6 is 0 Å². The molecule has 19 heavy (non-hydrogen) atoms. The van der Waals surface area contributed by atoms with Crippen molar-refractivity contribution < 1.29 is 4.79 Å². The highest BCUT2D eigenvalue weighted by Gasteiger charge is 2.26. The van der Waals surface area contributed by atoms with Crippen LogP contribution in [0.3, 0.4) is 0 Å². The highest BCUT2D eigenvalue weighted by atomic mass is 16.2. The average Bonchev–Trinajstić information content (AvgIpc) is 2.26. The van der Waals surface area contributed by atoms with E-state index in [9.17, 15) is 4.79 Å². The van der Waals surface area contributed by atoms with E-state index in [1.54, 1.807) is 6.92 Å². The van der Waals surface area contributed by atoms with Crippen molar-refractivity contribution in [1.82, 2.24) is 5.32 Å². The van der Waals surface area contributed by atoms with Gasteiger partial charge in [-0.3, -0.25) is 4.79 Å². The predicted octanol–water partition coefficient (Wildman–Crippen LogP) is 2.75. The quantitative estimate of drug-likeness (QED) is 0.857. The lowest BCUT2D eigenvalue weighted by atomic mass is 9.95. The van der Waals surface area contributed by atoms with Crippen molar-refractivity contribution >= 4 is 5.91 Å². The molecule has 0 fully saturated rings. The molecule has 0 bridgehead atoms. The molecule has 106 valence electrons. The summed E-state index contributed by atoms with van der Waals surface area (Å²) in [5, 5.41) is 2.96. The second-order valence-corrected chi connectivity index (χ2v) is 5.73. The molecule has 0 spiro atoms. The molecule has 1 unspecified atom stereocenters.